The zero-order valence-electron chi connectivity index (χ0n) is 17.2. The molecule has 144 valence electrons. The van der Waals surface area contributed by atoms with Gasteiger partial charge in [0, 0.05) is 0 Å². The molecule has 3 heteroatoms. The number of aromatic hydroxyl groups is 1. The van der Waals surface area contributed by atoms with Crippen molar-refractivity contribution in [3.05, 3.63) is 23.3 Å². The van der Waals surface area contributed by atoms with Crippen LogP contribution >= 0.6 is 0 Å². The molecule has 4 rings (SSSR count). The van der Waals surface area contributed by atoms with Crippen LogP contribution in [0.4, 0.5) is 0 Å². The topological polar surface area (TPSA) is 40.5 Å². The van der Waals surface area contributed by atoms with Crippen molar-refractivity contribution < 1.29 is 10.2 Å². The highest BCUT2D eigenvalue weighted by Gasteiger charge is 2.54. The summed E-state index contributed by atoms with van der Waals surface area (Å²) in [6, 6.07) is 4.52. The lowest BCUT2D eigenvalue weighted by atomic mass is 9.55. The maximum Gasteiger partial charge on any atom is 0.115 e. The molecule has 5 atom stereocenters. The Balaban J connectivity index is 1.74. The summed E-state index contributed by atoms with van der Waals surface area (Å²) < 4.78 is 0. The van der Waals surface area contributed by atoms with Crippen LogP contribution in [0.3, 0.4) is 0 Å². The molecule has 2 nitrogen and oxygen atoms in total. The molecule has 3 aliphatic carbocycles. The number of fused-ring (bicyclic) bond motifs is 5. The van der Waals surface area contributed by atoms with Crippen LogP contribution in [-0.2, 0) is 6.42 Å². The number of benzene rings is 1. The lowest BCUT2D eigenvalue weighted by molar-refractivity contribution is -0.0226. The number of phenols is 1. The van der Waals surface area contributed by atoms with Crippen molar-refractivity contribution in [2.45, 2.75) is 90.0 Å². The molecule has 0 spiro atoms. The molecular formula is C23H36O2Si. The Hall–Kier alpha value is -0.803. The number of aryl methyl sites for hydroxylation is 1. The van der Waals surface area contributed by atoms with Crippen molar-refractivity contribution in [2.75, 3.05) is 0 Å². The van der Waals surface area contributed by atoms with Gasteiger partial charge in [-0.15, -0.1) is 0 Å². The summed E-state index contributed by atoms with van der Waals surface area (Å²) in [7, 11) is -1.66. The van der Waals surface area contributed by atoms with E-state index < -0.39 is 8.07 Å². The van der Waals surface area contributed by atoms with Gasteiger partial charge in [0.15, 0.2) is 0 Å². The quantitative estimate of drug-likeness (QED) is 0.722. The second kappa shape index (κ2) is 6.10. The summed E-state index contributed by atoms with van der Waals surface area (Å²) in [5.74, 6) is 2.58. The minimum absolute atomic E-state index is 0.0995. The zero-order valence-corrected chi connectivity index (χ0v) is 18.2. The van der Waals surface area contributed by atoms with Gasteiger partial charge in [-0.05, 0) is 89.6 Å². The standard InChI is InChI=1S/C23H36O2Si/c1-14(2)26(4,5)21-13-18-15(12-20(21)24)6-7-17-16(18)10-11-23(3)19(17)8-9-22(23)25/h12-14,16-17,19,22,24-25H,6-11H2,1-5H3/t16?,17?,19?,22-,23-/m0/s1. The molecule has 0 bridgehead atoms. The fraction of sp³-hybridized carbons (Fsp3) is 0.739. The Kier molecular flexibility index (Phi) is 4.35. The second-order valence-electron chi connectivity index (χ2n) is 10.5. The molecular weight excluding hydrogens is 336 g/mol. The van der Waals surface area contributed by atoms with E-state index >= 15 is 0 Å². The van der Waals surface area contributed by atoms with Gasteiger partial charge in [-0.3, -0.25) is 0 Å². The van der Waals surface area contributed by atoms with Gasteiger partial charge >= 0.3 is 0 Å². The largest absolute Gasteiger partial charge is 0.508 e. The van der Waals surface area contributed by atoms with Gasteiger partial charge in [-0.2, -0.15) is 0 Å². The monoisotopic (exact) mass is 372 g/mol. The number of hydrogen-bond donors (Lipinski definition) is 2. The average molecular weight is 373 g/mol. The fourth-order valence-electron chi connectivity index (χ4n) is 6.41. The van der Waals surface area contributed by atoms with Crippen molar-refractivity contribution in [2.24, 2.45) is 17.3 Å². The van der Waals surface area contributed by atoms with Crippen LogP contribution in [0.15, 0.2) is 12.1 Å². The van der Waals surface area contributed by atoms with E-state index in [1.54, 1.807) is 5.56 Å². The first kappa shape index (κ1) is 18.6. The van der Waals surface area contributed by atoms with Crippen LogP contribution < -0.4 is 5.19 Å². The van der Waals surface area contributed by atoms with E-state index in [1.807, 2.05) is 0 Å². The number of aliphatic hydroxyl groups excluding tert-OH is 1. The van der Waals surface area contributed by atoms with Gasteiger partial charge in [0.1, 0.15) is 5.75 Å². The molecule has 1 aromatic carbocycles. The van der Waals surface area contributed by atoms with E-state index in [-0.39, 0.29) is 11.5 Å². The van der Waals surface area contributed by atoms with E-state index in [4.69, 9.17) is 0 Å². The highest BCUT2D eigenvalue weighted by Crippen LogP contribution is 2.60. The highest BCUT2D eigenvalue weighted by atomic mass is 28.3. The van der Waals surface area contributed by atoms with Crippen LogP contribution in [0.2, 0.25) is 18.6 Å². The second-order valence-corrected chi connectivity index (χ2v) is 15.6. The van der Waals surface area contributed by atoms with Gasteiger partial charge in [0.2, 0.25) is 0 Å². The average Bonchev–Trinajstić information content (AvgIpc) is 2.89. The van der Waals surface area contributed by atoms with Crippen molar-refractivity contribution in [1.29, 1.82) is 0 Å². The molecule has 0 saturated heterocycles. The first-order valence-electron chi connectivity index (χ1n) is 10.7. The maximum atomic E-state index is 10.8. The Labute approximate surface area is 160 Å². The third-order valence-electron chi connectivity index (χ3n) is 8.93. The first-order chi connectivity index (χ1) is 12.2. The summed E-state index contributed by atoms with van der Waals surface area (Å²) in [6.45, 7) is 11.7. The Bertz CT molecular complexity index is 710. The maximum absolute atomic E-state index is 10.8. The molecule has 2 fully saturated rings. The summed E-state index contributed by atoms with van der Waals surface area (Å²) in [5, 5.41) is 22.6. The lowest BCUT2D eigenvalue weighted by Crippen LogP contribution is -2.46. The van der Waals surface area contributed by atoms with E-state index in [0.717, 1.165) is 25.2 Å². The van der Waals surface area contributed by atoms with Gasteiger partial charge in [-0.1, -0.05) is 39.9 Å². The minimum atomic E-state index is -1.66. The third-order valence-corrected chi connectivity index (χ3v) is 13.6. The fourth-order valence-corrected chi connectivity index (χ4v) is 8.29. The molecule has 0 aliphatic heterocycles. The molecule has 0 heterocycles. The molecule has 0 amide bonds. The summed E-state index contributed by atoms with van der Waals surface area (Å²) in [5.41, 5.74) is 3.69. The number of rotatable bonds is 2. The molecule has 1 aromatic rings. The Morgan fingerprint density at radius 1 is 1.12 bits per heavy atom. The third kappa shape index (κ3) is 2.53. The number of hydrogen-bond acceptors (Lipinski definition) is 2. The summed E-state index contributed by atoms with van der Waals surface area (Å²) in [6.07, 6.45) is 6.77. The molecule has 0 aromatic heterocycles. The Morgan fingerprint density at radius 3 is 2.54 bits per heavy atom. The van der Waals surface area contributed by atoms with Crippen LogP contribution in [0, 0.1) is 17.3 Å². The molecule has 0 radical (unpaired) electrons. The molecule has 3 aliphatic rings. The van der Waals surface area contributed by atoms with Crippen molar-refractivity contribution in [3.63, 3.8) is 0 Å². The highest BCUT2D eigenvalue weighted by molar-refractivity contribution is 6.91. The predicted octanol–water partition coefficient (Wildman–Crippen LogP) is 4.93. The van der Waals surface area contributed by atoms with Crippen molar-refractivity contribution in [1.82, 2.24) is 0 Å². The summed E-state index contributed by atoms with van der Waals surface area (Å²) in [4.78, 5) is 0. The van der Waals surface area contributed by atoms with E-state index in [0.29, 0.717) is 23.1 Å². The smallest absolute Gasteiger partial charge is 0.115 e. The van der Waals surface area contributed by atoms with Gasteiger partial charge < -0.3 is 10.2 Å². The van der Waals surface area contributed by atoms with Crippen LogP contribution in [0.25, 0.3) is 0 Å². The van der Waals surface area contributed by atoms with E-state index in [9.17, 15) is 10.2 Å². The normalized spacial score (nSPS) is 36.6. The predicted molar refractivity (Wildman–Crippen MR) is 111 cm³/mol. The summed E-state index contributed by atoms with van der Waals surface area (Å²) >= 11 is 0. The number of phenolic OH excluding ortho intramolecular Hbond substituents is 1. The van der Waals surface area contributed by atoms with Crippen molar-refractivity contribution in [3.8, 4) is 5.75 Å². The number of aliphatic hydroxyl groups is 1. The van der Waals surface area contributed by atoms with Gasteiger partial charge in [0.05, 0.1) is 14.2 Å². The SMILES string of the molecule is CC(C)[Si](C)(C)c1cc2c(cc1O)CCC1C2CC[C@@]2(C)C1CC[C@@H]2O. The zero-order chi connectivity index (χ0) is 18.9. The molecule has 2 N–H and O–H groups in total. The first-order valence-corrected chi connectivity index (χ1v) is 13.8. The van der Waals surface area contributed by atoms with Crippen LogP contribution in [-0.4, -0.2) is 24.4 Å². The van der Waals surface area contributed by atoms with E-state index in [1.165, 1.54) is 30.0 Å². The van der Waals surface area contributed by atoms with Crippen LogP contribution in [0.5, 0.6) is 5.75 Å². The van der Waals surface area contributed by atoms with Crippen LogP contribution in [0.1, 0.15) is 69.9 Å². The molecule has 26 heavy (non-hydrogen) atoms. The molecule has 2 saturated carbocycles. The van der Waals surface area contributed by atoms with Gasteiger partial charge in [-0.25, -0.2) is 0 Å². The molecule has 3 unspecified atom stereocenters. The lowest BCUT2D eigenvalue weighted by Gasteiger charge is -2.50. The van der Waals surface area contributed by atoms with E-state index in [2.05, 4.69) is 46.0 Å². The minimum Gasteiger partial charge on any atom is -0.508 e. The Morgan fingerprint density at radius 2 is 1.85 bits per heavy atom. The van der Waals surface area contributed by atoms with Gasteiger partial charge in [0.25, 0.3) is 0 Å². The van der Waals surface area contributed by atoms with Crippen molar-refractivity contribution >= 4 is 13.3 Å².